The Morgan fingerprint density at radius 1 is 1.03 bits per heavy atom. The molecule has 0 saturated carbocycles. The zero-order valence-electron chi connectivity index (χ0n) is 16.6. The third kappa shape index (κ3) is 6.59. The highest BCUT2D eigenvalue weighted by molar-refractivity contribution is 6.01. The summed E-state index contributed by atoms with van der Waals surface area (Å²) >= 11 is 0. The summed E-state index contributed by atoms with van der Waals surface area (Å²) in [6.45, 7) is 2.93. The van der Waals surface area contributed by atoms with Gasteiger partial charge in [-0.15, -0.1) is 0 Å². The molecule has 0 fully saturated rings. The Morgan fingerprint density at radius 3 is 2.59 bits per heavy atom. The highest BCUT2D eigenvalue weighted by Crippen LogP contribution is 2.15. The van der Waals surface area contributed by atoms with E-state index in [2.05, 4.69) is 10.3 Å². The third-order valence-corrected chi connectivity index (χ3v) is 4.21. The molecule has 0 aliphatic heterocycles. The van der Waals surface area contributed by atoms with Gasteiger partial charge in [-0.3, -0.25) is 9.78 Å². The summed E-state index contributed by atoms with van der Waals surface area (Å²) in [6.07, 6.45) is 6.75. The normalized spacial score (nSPS) is 10.8. The van der Waals surface area contributed by atoms with Crippen molar-refractivity contribution in [2.75, 3.05) is 12.4 Å². The monoisotopic (exact) mass is 388 g/mol. The summed E-state index contributed by atoms with van der Waals surface area (Å²) in [4.78, 5) is 16.3. The first-order chi connectivity index (χ1) is 14.1. The lowest BCUT2D eigenvalue weighted by molar-refractivity contribution is -0.111. The van der Waals surface area contributed by atoms with Gasteiger partial charge in [0.15, 0.2) is 0 Å². The first kappa shape index (κ1) is 20.3. The van der Waals surface area contributed by atoms with Gasteiger partial charge in [0, 0.05) is 24.2 Å². The number of carbonyl (C=O) groups excluding carboxylic acids is 1. The number of nitrogens with one attached hydrogen (secondary N) is 1. The van der Waals surface area contributed by atoms with E-state index in [0.29, 0.717) is 13.2 Å². The van der Waals surface area contributed by atoms with Crippen LogP contribution >= 0.6 is 0 Å². The average Bonchev–Trinajstić information content (AvgIpc) is 2.73. The molecular formula is C24H24N2O3. The second-order valence-corrected chi connectivity index (χ2v) is 6.66. The lowest BCUT2D eigenvalue weighted by Crippen LogP contribution is -2.08. The van der Waals surface area contributed by atoms with Crippen molar-refractivity contribution >= 4 is 17.7 Å². The van der Waals surface area contributed by atoms with E-state index in [0.717, 1.165) is 33.7 Å². The number of hydrogen-bond donors (Lipinski definition) is 1. The largest absolute Gasteiger partial charge is 0.497 e. The molecule has 0 spiro atoms. The predicted octanol–water partition coefficient (Wildman–Crippen LogP) is 4.77. The number of nitrogens with zero attached hydrogens (tertiary/aromatic N) is 1. The molecule has 0 aliphatic rings. The first-order valence-corrected chi connectivity index (χ1v) is 9.33. The fraction of sp³-hybridized carbons (Fsp3) is 0.167. The van der Waals surface area contributed by atoms with Crippen LogP contribution in [0.1, 0.15) is 22.3 Å². The number of anilines is 1. The van der Waals surface area contributed by atoms with Crippen LogP contribution in [0.15, 0.2) is 73.1 Å². The quantitative estimate of drug-likeness (QED) is 0.565. The van der Waals surface area contributed by atoms with Gasteiger partial charge >= 0.3 is 0 Å². The SMILES string of the molecule is COc1ccc(COCc2cccc(NC(=O)/C=C/c3cncc(C)c3)c2)cc1. The maximum absolute atomic E-state index is 12.2. The van der Waals surface area contributed by atoms with E-state index < -0.39 is 0 Å². The molecule has 5 heteroatoms. The lowest BCUT2D eigenvalue weighted by atomic mass is 10.2. The van der Waals surface area contributed by atoms with Crippen molar-refractivity contribution in [1.29, 1.82) is 0 Å². The van der Waals surface area contributed by atoms with E-state index in [4.69, 9.17) is 9.47 Å². The highest BCUT2D eigenvalue weighted by atomic mass is 16.5. The minimum Gasteiger partial charge on any atom is -0.497 e. The smallest absolute Gasteiger partial charge is 0.248 e. The number of amides is 1. The molecule has 1 N–H and O–H groups in total. The number of benzene rings is 2. The summed E-state index contributed by atoms with van der Waals surface area (Å²) in [5.41, 5.74) is 4.73. The zero-order valence-corrected chi connectivity index (χ0v) is 16.6. The summed E-state index contributed by atoms with van der Waals surface area (Å²) in [5, 5.41) is 2.87. The van der Waals surface area contributed by atoms with Crippen molar-refractivity contribution in [3.63, 3.8) is 0 Å². The molecule has 3 aromatic rings. The van der Waals surface area contributed by atoms with Crippen LogP contribution in [-0.4, -0.2) is 18.0 Å². The standard InChI is InChI=1S/C24H24N2O3/c1-18-12-20(15-25-14-18)8-11-24(27)26-22-5-3-4-21(13-22)17-29-16-19-6-9-23(28-2)10-7-19/h3-15H,16-17H2,1-2H3,(H,26,27)/b11-8+. The number of methoxy groups -OCH3 is 1. The molecular weight excluding hydrogens is 364 g/mol. The molecule has 3 rings (SSSR count). The Kier molecular flexibility index (Phi) is 7.14. The second-order valence-electron chi connectivity index (χ2n) is 6.66. The number of aromatic nitrogens is 1. The van der Waals surface area contributed by atoms with Crippen LogP contribution in [0.2, 0.25) is 0 Å². The Hall–Kier alpha value is -3.44. The summed E-state index contributed by atoms with van der Waals surface area (Å²) in [7, 11) is 1.65. The topological polar surface area (TPSA) is 60.5 Å². The van der Waals surface area contributed by atoms with Gasteiger partial charge in [-0.05, 0) is 65.6 Å². The Balaban J connectivity index is 1.51. The molecule has 0 bridgehead atoms. The molecule has 5 nitrogen and oxygen atoms in total. The van der Waals surface area contributed by atoms with Crippen LogP contribution in [0.5, 0.6) is 5.75 Å². The lowest BCUT2D eigenvalue weighted by Gasteiger charge is -2.08. The summed E-state index contributed by atoms with van der Waals surface area (Å²) in [6, 6.07) is 17.4. The van der Waals surface area contributed by atoms with Gasteiger partial charge in [0.2, 0.25) is 5.91 Å². The van der Waals surface area contributed by atoms with Crippen molar-refractivity contribution < 1.29 is 14.3 Å². The molecule has 0 unspecified atom stereocenters. The Bertz CT molecular complexity index is 981. The summed E-state index contributed by atoms with van der Waals surface area (Å²) in [5.74, 6) is 0.632. The van der Waals surface area contributed by atoms with Crippen LogP contribution < -0.4 is 10.1 Å². The van der Waals surface area contributed by atoms with Crippen molar-refractivity contribution in [1.82, 2.24) is 4.98 Å². The van der Waals surface area contributed by atoms with Gasteiger partial charge < -0.3 is 14.8 Å². The third-order valence-electron chi connectivity index (χ3n) is 4.21. The van der Waals surface area contributed by atoms with E-state index in [1.807, 2.05) is 61.5 Å². The maximum atomic E-state index is 12.2. The molecule has 0 aliphatic carbocycles. The summed E-state index contributed by atoms with van der Waals surface area (Å²) < 4.78 is 10.9. The minimum atomic E-state index is -0.192. The van der Waals surface area contributed by atoms with Crippen molar-refractivity contribution in [2.24, 2.45) is 0 Å². The molecule has 1 amide bonds. The van der Waals surface area contributed by atoms with Gasteiger partial charge in [0.25, 0.3) is 0 Å². The first-order valence-electron chi connectivity index (χ1n) is 9.33. The minimum absolute atomic E-state index is 0.192. The van der Waals surface area contributed by atoms with E-state index in [-0.39, 0.29) is 5.91 Å². The molecule has 0 radical (unpaired) electrons. The van der Waals surface area contributed by atoms with Crippen molar-refractivity contribution in [3.8, 4) is 5.75 Å². The van der Waals surface area contributed by atoms with Crippen molar-refractivity contribution in [2.45, 2.75) is 20.1 Å². The molecule has 0 saturated heterocycles. The van der Waals surface area contributed by atoms with Crippen LogP contribution in [0, 0.1) is 6.92 Å². The van der Waals surface area contributed by atoms with Gasteiger partial charge in [-0.25, -0.2) is 0 Å². The second kappa shape index (κ2) is 10.2. The van der Waals surface area contributed by atoms with Crippen molar-refractivity contribution in [3.05, 3.63) is 95.3 Å². The van der Waals surface area contributed by atoms with Crippen LogP contribution in [0.25, 0.3) is 6.08 Å². The van der Waals surface area contributed by atoms with Gasteiger partial charge in [0.05, 0.1) is 20.3 Å². The molecule has 1 aromatic heterocycles. The number of hydrogen-bond acceptors (Lipinski definition) is 4. The number of carbonyl (C=O) groups is 1. The van der Waals surface area contributed by atoms with Gasteiger partial charge in [-0.1, -0.05) is 24.3 Å². The van der Waals surface area contributed by atoms with Crippen LogP contribution in [0.4, 0.5) is 5.69 Å². The maximum Gasteiger partial charge on any atom is 0.248 e. The molecule has 1 heterocycles. The zero-order chi connectivity index (χ0) is 20.5. The Morgan fingerprint density at radius 2 is 1.83 bits per heavy atom. The predicted molar refractivity (Wildman–Crippen MR) is 115 cm³/mol. The number of rotatable bonds is 8. The highest BCUT2D eigenvalue weighted by Gasteiger charge is 2.01. The number of pyridine rings is 1. The average molecular weight is 388 g/mol. The fourth-order valence-corrected chi connectivity index (χ4v) is 2.77. The van der Waals surface area contributed by atoms with E-state index in [9.17, 15) is 4.79 Å². The van der Waals surface area contributed by atoms with Crippen LogP contribution in [-0.2, 0) is 22.7 Å². The molecule has 29 heavy (non-hydrogen) atoms. The van der Waals surface area contributed by atoms with E-state index in [1.54, 1.807) is 25.6 Å². The molecule has 148 valence electrons. The molecule has 2 aromatic carbocycles. The number of aryl methyl sites for hydroxylation is 1. The Labute approximate surface area is 171 Å². The fourth-order valence-electron chi connectivity index (χ4n) is 2.77. The van der Waals surface area contributed by atoms with E-state index in [1.165, 1.54) is 6.08 Å². The number of ether oxygens (including phenoxy) is 2. The van der Waals surface area contributed by atoms with Gasteiger partial charge in [-0.2, -0.15) is 0 Å². The van der Waals surface area contributed by atoms with Gasteiger partial charge in [0.1, 0.15) is 5.75 Å². The molecule has 0 atom stereocenters. The van der Waals surface area contributed by atoms with E-state index >= 15 is 0 Å². The van der Waals surface area contributed by atoms with Crippen LogP contribution in [0.3, 0.4) is 0 Å².